The van der Waals surface area contributed by atoms with Crippen molar-refractivity contribution >= 4 is 46.9 Å². The third-order valence-electron chi connectivity index (χ3n) is 3.21. The van der Waals surface area contributed by atoms with Crippen molar-refractivity contribution in [3.8, 4) is 0 Å². The third kappa shape index (κ3) is 5.72. The number of ether oxygens (including phenoxy) is 1. The van der Waals surface area contributed by atoms with Gasteiger partial charge in [0.1, 0.15) is 5.70 Å². The number of esters is 1. The Morgan fingerprint density at radius 1 is 1.08 bits per heavy atom. The Kier molecular flexibility index (Phi) is 6.95. The highest BCUT2D eigenvalue weighted by Crippen LogP contribution is 2.21. The zero-order valence-electron chi connectivity index (χ0n) is 13.8. The normalized spacial score (nSPS) is 11.0. The molecule has 0 spiro atoms. The lowest BCUT2D eigenvalue weighted by molar-refractivity contribution is -0.139. The molecule has 0 aliphatic rings. The van der Waals surface area contributed by atoms with Crippen LogP contribution in [0.15, 0.2) is 54.2 Å². The van der Waals surface area contributed by atoms with E-state index in [4.69, 9.17) is 27.9 Å². The summed E-state index contributed by atoms with van der Waals surface area (Å²) in [6.07, 6.45) is 1.46. The van der Waals surface area contributed by atoms with Gasteiger partial charge in [-0.25, -0.2) is 4.79 Å². The van der Waals surface area contributed by atoms with E-state index < -0.39 is 24.3 Å². The summed E-state index contributed by atoms with van der Waals surface area (Å²) in [5, 5.41) is 2.96. The molecule has 0 radical (unpaired) electrons. The lowest BCUT2D eigenvalue weighted by Crippen LogP contribution is -2.27. The Labute approximate surface area is 160 Å². The monoisotopic (exact) mass is 391 g/mol. The molecule has 7 heteroatoms. The zero-order valence-corrected chi connectivity index (χ0v) is 15.3. The fraction of sp³-hybridized carbons (Fsp3) is 0.105. The van der Waals surface area contributed by atoms with E-state index in [1.54, 1.807) is 24.3 Å². The van der Waals surface area contributed by atoms with Gasteiger partial charge in [-0.1, -0.05) is 53.5 Å². The molecule has 0 aliphatic heterocycles. The van der Waals surface area contributed by atoms with Crippen LogP contribution in [0.25, 0.3) is 6.08 Å². The number of halogens is 2. The van der Waals surface area contributed by atoms with Gasteiger partial charge in [-0.2, -0.15) is 0 Å². The number of carbonyl (C=O) groups is 3. The van der Waals surface area contributed by atoms with E-state index in [1.165, 1.54) is 31.2 Å². The summed E-state index contributed by atoms with van der Waals surface area (Å²) < 4.78 is 5.02. The molecule has 2 aromatic carbocycles. The Bertz CT molecular complexity index is 863. The molecule has 1 N–H and O–H groups in total. The van der Waals surface area contributed by atoms with Crippen LogP contribution in [0.5, 0.6) is 0 Å². The minimum atomic E-state index is -0.831. The molecule has 26 heavy (non-hydrogen) atoms. The molecule has 2 rings (SSSR count). The van der Waals surface area contributed by atoms with Crippen LogP contribution in [0.2, 0.25) is 10.0 Å². The summed E-state index contributed by atoms with van der Waals surface area (Å²) in [6.45, 7) is 0.747. The zero-order chi connectivity index (χ0) is 19.1. The van der Waals surface area contributed by atoms with E-state index in [9.17, 15) is 14.4 Å². The quantitative estimate of drug-likeness (QED) is 0.460. The number of amides is 1. The van der Waals surface area contributed by atoms with Gasteiger partial charge < -0.3 is 10.1 Å². The summed E-state index contributed by atoms with van der Waals surface area (Å²) >= 11 is 11.8. The summed E-state index contributed by atoms with van der Waals surface area (Å²) in [5.74, 6) is -1.75. The second-order valence-electron chi connectivity index (χ2n) is 5.27. The number of carbonyl (C=O) groups excluding carboxylic acids is 3. The smallest absolute Gasteiger partial charge is 0.355 e. The number of rotatable bonds is 6. The highest BCUT2D eigenvalue weighted by molar-refractivity contribution is 6.36. The fourth-order valence-corrected chi connectivity index (χ4v) is 2.57. The third-order valence-corrected chi connectivity index (χ3v) is 3.75. The molecule has 134 valence electrons. The predicted molar refractivity (Wildman–Crippen MR) is 100.0 cm³/mol. The lowest BCUT2D eigenvalue weighted by Gasteiger charge is -2.09. The van der Waals surface area contributed by atoms with Gasteiger partial charge in [0.2, 0.25) is 11.7 Å². The minimum absolute atomic E-state index is 0.0706. The molecule has 0 bridgehead atoms. The number of hydrogen-bond acceptors (Lipinski definition) is 4. The van der Waals surface area contributed by atoms with Crippen molar-refractivity contribution in [2.75, 3.05) is 6.61 Å². The Balaban J connectivity index is 2.10. The number of benzene rings is 2. The predicted octanol–water partition coefficient (Wildman–Crippen LogP) is 3.90. The maximum atomic E-state index is 12.2. The average Bonchev–Trinajstić information content (AvgIpc) is 2.59. The Morgan fingerprint density at radius 2 is 1.77 bits per heavy atom. The molecule has 1 amide bonds. The summed E-state index contributed by atoms with van der Waals surface area (Å²) in [4.78, 5) is 35.7. The van der Waals surface area contributed by atoms with Crippen molar-refractivity contribution in [3.63, 3.8) is 0 Å². The van der Waals surface area contributed by atoms with E-state index in [0.717, 1.165) is 0 Å². The second-order valence-corrected chi connectivity index (χ2v) is 6.12. The van der Waals surface area contributed by atoms with E-state index in [0.29, 0.717) is 10.6 Å². The van der Waals surface area contributed by atoms with Crippen LogP contribution in [-0.4, -0.2) is 24.3 Å². The first-order chi connectivity index (χ1) is 12.4. The van der Waals surface area contributed by atoms with Crippen LogP contribution in [-0.2, 0) is 14.3 Å². The van der Waals surface area contributed by atoms with Crippen LogP contribution in [0.1, 0.15) is 22.8 Å². The van der Waals surface area contributed by atoms with Gasteiger partial charge in [-0.3, -0.25) is 9.59 Å². The maximum Gasteiger partial charge on any atom is 0.355 e. The van der Waals surface area contributed by atoms with Crippen LogP contribution in [0, 0.1) is 0 Å². The molecule has 0 aromatic heterocycles. The van der Waals surface area contributed by atoms with Crippen molar-refractivity contribution in [2.24, 2.45) is 0 Å². The van der Waals surface area contributed by atoms with Crippen molar-refractivity contribution < 1.29 is 19.1 Å². The Hall–Kier alpha value is -2.63. The first-order valence-corrected chi connectivity index (χ1v) is 8.32. The summed E-state index contributed by atoms with van der Waals surface area (Å²) in [6, 6.07) is 13.3. The highest BCUT2D eigenvalue weighted by atomic mass is 35.5. The fourth-order valence-electron chi connectivity index (χ4n) is 2.05. The molecule has 0 atom stereocenters. The highest BCUT2D eigenvalue weighted by Gasteiger charge is 2.17. The standard InChI is InChI=1S/C19H15Cl2NO4/c1-12(23)22-17(9-13-5-3-2-4-6-13)19(25)26-11-18(24)15-8-7-14(20)10-16(15)21/h2-10H,11H2,1H3,(H,22,23)/b17-9+. The van der Waals surface area contributed by atoms with Gasteiger partial charge in [0, 0.05) is 17.5 Å². The van der Waals surface area contributed by atoms with Crippen molar-refractivity contribution in [3.05, 3.63) is 75.4 Å². The minimum Gasteiger partial charge on any atom is -0.453 e. The van der Waals surface area contributed by atoms with E-state index in [1.807, 2.05) is 6.07 Å². The van der Waals surface area contributed by atoms with Crippen LogP contribution in [0.4, 0.5) is 0 Å². The molecular formula is C19H15Cl2NO4. The molecule has 5 nitrogen and oxygen atoms in total. The molecule has 2 aromatic rings. The summed E-state index contributed by atoms with van der Waals surface area (Å²) in [5.41, 5.74) is 0.816. The second kappa shape index (κ2) is 9.17. The maximum absolute atomic E-state index is 12.2. The van der Waals surface area contributed by atoms with Crippen molar-refractivity contribution in [1.82, 2.24) is 5.32 Å². The Morgan fingerprint density at radius 3 is 2.38 bits per heavy atom. The van der Waals surface area contributed by atoms with Gasteiger partial charge in [0.05, 0.1) is 5.02 Å². The first-order valence-electron chi connectivity index (χ1n) is 7.56. The molecule has 0 unspecified atom stereocenters. The summed E-state index contributed by atoms with van der Waals surface area (Å²) in [7, 11) is 0. The largest absolute Gasteiger partial charge is 0.453 e. The first kappa shape index (κ1) is 19.7. The van der Waals surface area contributed by atoms with E-state index in [2.05, 4.69) is 5.32 Å². The van der Waals surface area contributed by atoms with Gasteiger partial charge in [0.15, 0.2) is 6.61 Å². The average molecular weight is 392 g/mol. The van der Waals surface area contributed by atoms with Crippen molar-refractivity contribution in [1.29, 1.82) is 0 Å². The van der Waals surface area contributed by atoms with Gasteiger partial charge in [-0.05, 0) is 29.8 Å². The molecule has 0 heterocycles. The van der Waals surface area contributed by atoms with Gasteiger partial charge in [0.25, 0.3) is 0 Å². The van der Waals surface area contributed by atoms with E-state index in [-0.39, 0.29) is 16.3 Å². The number of hydrogen-bond donors (Lipinski definition) is 1. The molecule has 0 saturated heterocycles. The van der Waals surface area contributed by atoms with E-state index >= 15 is 0 Å². The SMILES string of the molecule is CC(=O)N/C(=C/c1ccccc1)C(=O)OCC(=O)c1ccc(Cl)cc1Cl. The van der Waals surface area contributed by atoms with Gasteiger partial charge in [-0.15, -0.1) is 0 Å². The van der Waals surface area contributed by atoms with Crippen LogP contribution < -0.4 is 5.32 Å². The van der Waals surface area contributed by atoms with Crippen molar-refractivity contribution in [2.45, 2.75) is 6.92 Å². The number of nitrogens with one attached hydrogen (secondary N) is 1. The van der Waals surface area contributed by atoms with Crippen LogP contribution in [0.3, 0.4) is 0 Å². The van der Waals surface area contributed by atoms with Gasteiger partial charge >= 0.3 is 5.97 Å². The number of Topliss-reactive ketones (excluding diaryl/α,β-unsaturated/α-hetero) is 1. The van der Waals surface area contributed by atoms with Crippen LogP contribution >= 0.6 is 23.2 Å². The number of ketones is 1. The molecule has 0 fully saturated rings. The topological polar surface area (TPSA) is 72.5 Å². The molecular weight excluding hydrogens is 377 g/mol. The molecule has 0 aliphatic carbocycles. The molecule has 0 saturated carbocycles. The lowest BCUT2D eigenvalue weighted by atomic mass is 10.1.